The van der Waals surface area contributed by atoms with Crippen LogP contribution >= 0.6 is 0 Å². The SMILES string of the molecule is CCN(/C=C/C=C(C)C)CCCN(/C=C/C=C(C)C)CC. The molecular weight excluding hydrogens is 256 g/mol. The number of allylic oxidation sites excluding steroid dienone is 6. The molecule has 0 rings (SSSR count). The largest absolute Gasteiger partial charge is 0.378 e. The first-order valence-corrected chi connectivity index (χ1v) is 8.11. The van der Waals surface area contributed by atoms with Crippen LogP contribution in [0.2, 0.25) is 0 Å². The van der Waals surface area contributed by atoms with Crippen LogP contribution in [-0.4, -0.2) is 36.0 Å². The van der Waals surface area contributed by atoms with Gasteiger partial charge in [0.25, 0.3) is 0 Å². The van der Waals surface area contributed by atoms with E-state index in [9.17, 15) is 0 Å². The zero-order valence-electron chi connectivity index (χ0n) is 14.9. The van der Waals surface area contributed by atoms with Gasteiger partial charge >= 0.3 is 0 Å². The van der Waals surface area contributed by atoms with Gasteiger partial charge in [-0.2, -0.15) is 0 Å². The quantitative estimate of drug-likeness (QED) is 0.524. The van der Waals surface area contributed by atoms with Gasteiger partial charge < -0.3 is 9.80 Å². The second-order valence-electron chi connectivity index (χ2n) is 5.78. The summed E-state index contributed by atoms with van der Waals surface area (Å²) in [4.78, 5) is 4.74. The van der Waals surface area contributed by atoms with Crippen LogP contribution < -0.4 is 0 Å². The van der Waals surface area contributed by atoms with E-state index in [0.29, 0.717) is 0 Å². The van der Waals surface area contributed by atoms with Crippen molar-refractivity contribution in [2.24, 2.45) is 0 Å². The topological polar surface area (TPSA) is 6.48 Å². The second kappa shape index (κ2) is 12.3. The van der Waals surface area contributed by atoms with Crippen LogP contribution in [0.15, 0.2) is 47.9 Å². The van der Waals surface area contributed by atoms with Gasteiger partial charge in [-0.05, 0) is 72.5 Å². The molecule has 0 spiro atoms. The van der Waals surface area contributed by atoms with Crippen molar-refractivity contribution in [1.82, 2.24) is 9.80 Å². The molecule has 0 saturated heterocycles. The summed E-state index contributed by atoms with van der Waals surface area (Å²) in [5, 5.41) is 0. The highest BCUT2D eigenvalue weighted by molar-refractivity contribution is 5.08. The van der Waals surface area contributed by atoms with Crippen LogP contribution in [0.5, 0.6) is 0 Å². The molecule has 0 N–H and O–H groups in total. The highest BCUT2D eigenvalue weighted by Gasteiger charge is 1.99. The standard InChI is InChI=1S/C19H34N2/c1-7-20(14-9-12-18(3)4)16-11-17-21(8-2)15-10-13-19(5)6/h9-10,12-15H,7-8,11,16-17H2,1-6H3/b14-9+,15-10+. The molecule has 0 aromatic heterocycles. The molecule has 2 nitrogen and oxygen atoms in total. The normalized spacial score (nSPS) is 11.0. The van der Waals surface area contributed by atoms with Crippen molar-refractivity contribution in [2.45, 2.75) is 48.0 Å². The van der Waals surface area contributed by atoms with E-state index < -0.39 is 0 Å². The zero-order valence-corrected chi connectivity index (χ0v) is 14.9. The molecule has 0 bridgehead atoms. The van der Waals surface area contributed by atoms with Crippen LogP contribution in [0.4, 0.5) is 0 Å². The molecule has 0 aliphatic rings. The van der Waals surface area contributed by atoms with Crippen molar-refractivity contribution in [1.29, 1.82) is 0 Å². The minimum absolute atomic E-state index is 1.06. The Labute approximate surface area is 132 Å². The van der Waals surface area contributed by atoms with Crippen LogP contribution in [0.25, 0.3) is 0 Å². The average molecular weight is 290 g/mol. The van der Waals surface area contributed by atoms with E-state index in [1.165, 1.54) is 17.6 Å². The summed E-state index contributed by atoms with van der Waals surface area (Å²) in [7, 11) is 0. The lowest BCUT2D eigenvalue weighted by Crippen LogP contribution is -2.24. The van der Waals surface area contributed by atoms with E-state index in [2.05, 4.69) is 88.0 Å². The van der Waals surface area contributed by atoms with Crippen LogP contribution in [0.1, 0.15) is 48.0 Å². The first kappa shape index (κ1) is 19.6. The minimum atomic E-state index is 1.06. The van der Waals surface area contributed by atoms with Crippen LogP contribution in [-0.2, 0) is 0 Å². The molecule has 0 saturated carbocycles. The third kappa shape index (κ3) is 12.0. The summed E-state index contributed by atoms with van der Waals surface area (Å²) in [6.45, 7) is 17.2. The van der Waals surface area contributed by atoms with Crippen molar-refractivity contribution in [3.63, 3.8) is 0 Å². The van der Waals surface area contributed by atoms with Crippen molar-refractivity contribution < 1.29 is 0 Å². The third-order valence-electron chi connectivity index (χ3n) is 3.16. The molecule has 0 aliphatic carbocycles. The van der Waals surface area contributed by atoms with Crippen LogP contribution in [0, 0.1) is 0 Å². The van der Waals surface area contributed by atoms with Gasteiger partial charge in [-0.3, -0.25) is 0 Å². The summed E-state index contributed by atoms with van der Waals surface area (Å²) in [6.07, 6.45) is 14.2. The fraction of sp³-hybridized carbons (Fsp3) is 0.579. The van der Waals surface area contributed by atoms with Gasteiger partial charge in [0.05, 0.1) is 0 Å². The Bertz CT molecular complexity index is 331. The maximum absolute atomic E-state index is 2.37. The second-order valence-corrected chi connectivity index (χ2v) is 5.78. The Morgan fingerprint density at radius 1 is 0.714 bits per heavy atom. The Morgan fingerprint density at radius 2 is 1.10 bits per heavy atom. The number of rotatable bonds is 10. The molecule has 0 fully saturated rings. The van der Waals surface area contributed by atoms with Crippen molar-refractivity contribution in [3.8, 4) is 0 Å². The lowest BCUT2D eigenvalue weighted by Gasteiger charge is -2.22. The zero-order chi connectivity index (χ0) is 16.1. The van der Waals surface area contributed by atoms with Gasteiger partial charge in [-0.1, -0.05) is 23.3 Å². The van der Waals surface area contributed by atoms with E-state index in [4.69, 9.17) is 0 Å². The van der Waals surface area contributed by atoms with Gasteiger partial charge in [-0.25, -0.2) is 0 Å². The van der Waals surface area contributed by atoms with E-state index in [-0.39, 0.29) is 0 Å². The van der Waals surface area contributed by atoms with Crippen molar-refractivity contribution in [2.75, 3.05) is 26.2 Å². The maximum atomic E-state index is 2.37. The predicted octanol–water partition coefficient (Wildman–Crippen LogP) is 4.98. The summed E-state index contributed by atoms with van der Waals surface area (Å²) in [6, 6.07) is 0. The molecule has 0 atom stereocenters. The van der Waals surface area contributed by atoms with E-state index >= 15 is 0 Å². The van der Waals surface area contributed by atoms with Gasteiger partial charge in [0.1, 0.15) is 0 Å². The monoisotopic (exact) mass is 290 g/mol. The van der Waals surface area contributed by atoms with Gasteiger partial charge in [-0.15, -0.1) is 0 Å². The number of nitrogens with zero attached hydrogens (tertiary/aromatic N) is 2. The molecular formula is C19H34N2. The Balaban J connectivity index is 4.17. The maximum Gasteiger partial charge on any atom is 0.0189 e. The first-order chi connectivity index (χ1) is 9.99. The number of hydrogen-bond donors (Lipinski definition) is 0. The van der Waals surface area contributed by atoms with Gasteiger partial charge in [0, 0.05) is 26.2 Å². The number of hydrogen-bond acceptors (Lipinski definition) is 2. The highest BCUT2D eigenvalue weighted by Crippen LogP contribution is 1.99. The van der Waals surface area contributed by atoms with E-state index in [1.54, 1.807) is 0 Å². The molecule has 0 amide bonds. The van der Waals surface area contributed by atoms with E-state index in [0.717, 1.165) is 26.2 Å². The molecule has 21 heavy (non-hydrogen) atoms. The summed E-state index contributed by atoms with van der Waals surface area (Å²) >= 11 is 0. The third-order valence-corrected chi connectivity index (χ3v) is 3.16. The molecule has 0 heterocycles. The molecule has 0 aliphatic heterocycles. The van der Waals surface area contributed by atoms with E-state index in [1.807, 2.05) is 0 Å². The fourth-order valence-corrected chi connectivity index (χ4v) is 1.87. The minimum Gasteiger partial charge on any atom is -0.378 e. The summed E-state index contributed by atoms with van der Waals surface area (Å²) in [5.74, 6) is 0. The molecule has 0 aromatic carbocycles. The molecule has 0 radical (unpaired) electrons. The predicted molar refractivity (Wildman–Crippen MR) is 96.3 cm³/mol. The molecule has 0 unspecified atom stereocenters. The fourth-order valence-electron chi connectivity index (χ4n) is 1.87. The summed E-state index contributed by atoms with van der Waals surface area (Å²) in [5.41, 5.74) is 2.67. The van der Waals surface area contributed by atoms with Crippen LogP contribution in [0.3, 0.4) is 0 Å². The molecule has 2 heteroatoms. The van der Waals surface area contributed by atoms with Crippen molar-refractivity contribution in [3.05, 3.63) is 47.9 Å². The Kier molecular flexibility index (Phi) is 11.5. The van der Waals surface area contributed by atoms with Crippen molar-refractivity contribution >= 4 is 0 Å². The summed E-state index contributed by atoms with van der Waals surface area (Å²) < 4.78 is 0. The molecule has 0 aromatic rings. The lowest BCUT2D eigenvalue weighted by atomic mass is 10.3. The Hall–Kier alpha value is -1.44. The smallest absolute Gasteiger partial charge is 0.0189 e. The first-order valence-electron chi connectivity index (χ1n) is 8.11. The van der Waals surface area contributed by atoms with Gasteiger partial charge in [0.2, 0.25) is 0 Å². The lowest BCUT2D eigenvalue weighted by molar-refractivity contribution is 0.332. The average Bonchev–Trinajstić information content (AvgIpc) is 2.43. The molecule has 120 valence electrons. The van der Waals surface area contributed by atoms with Gasteiger partial charge in [0.15, 0.2) is 0 Å². The Morgan fingerprint density at radius 3 is 1.38 bits per heavy atom. The highest BCUT2D eigenvalue weighted by atomic mass is 15.1.